The second kappa shape index (κ2) is 11.9. The lowest BCUT2D eigenvalue weighted by Gasteiger charge is -2.32. The maximum absolute atomic E-state index is 13.6. The molecule has 0 spiro atoms. The van der Waals surface area contributed by atoms with E-state index in [1.165, 1.54) is 36.2 Å². The minimum Gasteiger partial charge on any atom is -0.350 e. The van der Waals surface area contributed by atoms with Gasteiger partial charge >= 0.3 is 0 Å². The molecule has 0 saturated carbocycles. The van der Waals surface area contributed by atoms with Crippen molar-refractivity contribution in [2.24, 2.45) is 0 Å². The van der Waals surface area contributed by atoms with Crippen molar-refractivity contribution in [1.29, 1.82) is 0 Å². The predicted octanol–water partition coefficient (Wildman–Crippen LogP) is 3.41. The number of likely N-dealkylation sites (N-methyl/N-ethyl adjacent to an activating group) is 1. The van der Waals surface area contributed by atoms with E-state index in [1.54, 1.807) is 30.3 Å². The Balaban J connectivity index is 1.96. The van der Waals surface area contributed by atoms with Crippen LogP contribution in [-0.4, -0.2) is 49.3 Å². The van der Waals surface area contributed by atoms with Crippen LogP contribution in [0.2, 0.25) is 0 Å². The van der Waals surface area contributed by atoms with Crippen LogP contribution in [0.3, 0.4) is 0 Å². The minimum atomic E-state index is -3.63. The summed E-state index contributed by atoms with van der Waals surface area (Å²) in [7, 11) is -2.33. The lowest BCUT2D eigenvalue weighted by Crippen LogP contribution is -2.47. The van der Waals surface area contributed by atoms with Gasteiger partial charge in [-0.3, -0.25) is 9.59 Å². The van der Waals surface area contributed by atoms with Crippen molar-refractivity contribution in [2.45, 2.75) is 26.1 Å². The van der Waals surface area contributed by atoms with Crippen LogP contribution in [0, 0.1) is 12.7 Å². The smallest absolute Gasteiger partial charge is 0.247 e. The van der Waals surface area contributed by atoms with Crippen LogP contribution in [-0.2, 0) is 32.7 Å². The normalized spacial score (nSPS) is 12.2. The molecule has 0 heterocycles. The first-order valence-electron chi connectivity index (χ1n) is 11.4. The van der Waals surface area contributed by atoms with Crippen molar-refractivity contribution in [3.05, 3.63) is 107 Å². The maximum Gasteiger partial charge on any atom is 0.247 e. The van der Waals surface area contributed by atoms with Crippen molar-refractivity contribution in [3.63, 3.8) is 0 Å². The lowest BCUT2D eigenvalue weighted by atomic mass is 10.0. The first-order chi connectivity index (χ1) is 17.0. The Morgan fingerprint density at radius 2 is 1.50 bits per heavy atom. The van der Waals surface area contributed by atoms with E-state index in [2.05, 4.69) is 5.32 Å². The summed E-state index contributed by atoms with van der Waals surface area (Å²) < 4.78 is 38.4. The van der Waals surface area contributed by atoms with Crippen LogP contribution < -0.4 is 5.32 Å². The van der Waals surface area contributed by atoms with Crippen molar-refractivity contribution in [3.8, 4) is 0 Å². The van der Waals surface area contributed by atoms with E-state index in [1.807, 2.05) is 31.2 Å². The van der Waals surface area contributed by atoms with Gasteiger partial charge < -0.3 is 10.2 Å². The molecule has 3 rings (SSSR count). The minimum absolute atomic E-state index is 0.0196. The van der Waals surface area contributed by atoms with Crippen LogP contribution >= 0.6 is 0 Å². The predicted molar refractivity (Wildman–Crippen MR) is 137 cm³/mol. The van der Waals surface area contributed by atoms with Gasteiger partial charge in [0.05, 0.1) is 12.8 Å². The molecule has 7 nitrogen and oxygen atoms in total. The molecular formula is C27H30FN3O4S. The molecule has 0 aliphatic heterocycles. The zero-order valence-corrected chi connectivity index (χ0v) is 21.3. The zero-order valence-electron chi connectivity index (χ0n) is 20.5. The second-order valence-electron chi connectivity index (χ2n) is 8.68. The highest BCUT2D eigenvalue weighted by Crippen LogP contribution is 2.25. The molecule has 190 valence electrons. The van der Waals surface area contributed by atoms with Crippen LogP contribution in [0.25, 0.3) is 0 Å². The molecule has 0 fully saturated rings. The Kier molecular flexibility index (Phi) is 8.95. The van der Waals surface area contributed by atoms with E-state index in [0.29, 0.717) is 11.1 Å². The Labute approximate surface area is 211 Å². The summed E-state index contributed by atoms with van der Waals surface area (Å²) in [5, 5.41) is 2.91. The van der Waals surface area contributed by atoms with Gasteiger partial charge in [-0.2, -0.15) is 4.31 Å². The third-order valence-corrected chi connectivity index (χ3v) is 7.03. The fourth-order valence-electron chi connectivity index (χ4n) is 3.61. The average molecular weight is 512 g/mol. The number of hydrogen-bond donors (Lipinski definition) is 1. The van der Waals surface area contributed by atoms with Crippen molar-refractivity contribution >= 4 is 21.8 Å². The van der Waals surface area contributed by atoms with Gasteiger partial charge in [-0.15, -0.1) is 0 Å². The van der Waals surface area contributed by atoms with E-state index < -0.39 is 40.2 Å². The van der Waals surface area contributed by atoms with E-state index in [0.717, 1.165) is 21.7 Å². The zero-order chi connectivity index (χ0) is 26.3. The number of hydrogen-bond acceptors (Lipinski definition) is 4. The van der Waals surface area contributed by atoms with Crippen molar-refractivity contribution in [2.75, 3.05) is 19.8 Å². The first kappa shape index (κ1) is 27.0. The molecule has 2 amide bonds. The van der Waals surface area contributed by atoms with Crippen LogP contribution in [0.15, 0.2) is 78.9 Å². The third-order valence-electron chi connectivity index (χ3n) is 5.77. The highest BCUT2D eigenvalue weighted by molar-refractivity contribution is 7.88. The molecular weight excluding hydrogens is 481 g/mol. The van der Waals surface area contributed by atoms with Crippen molar-refractivity contribution in [1.82, 2.24) is 14.5 Å². The molecule has 0 radical (unpaired) electrons. The number of sulfonamides is 1. The number of nitrogens with one attached hydrogen (secondary N) is 1. The van der Waals surface area contributed by atoms with Gasteiger partial charge in [-0.1, -0.05) is 72.3 Å². The topological polar surface area (TPSA) is 86.8 Å². The molecule has 1 unspecified atom stereocenters. The Hall–Kier alpha value is -3.56. The molecule has 9 heteroatoms. The third kappa shape index (κ3) is 7.47. The molecule has 0 aromatic heterocycles. The summed E-state index contributed by atoms with van der Waals surface area (Å²) in [6.07, 6.45) is 1.01. The number of carbonyl (C=O) groups excluding carboxylic acids is 2. The quantitative estimate of drug-likeness (QED) is 0.452. The molecule has 1 N–H and O–H groups in total. The molecule has 1 atom stereocenters. The van der Waals surface area contributed by atoms with E-state index in [9.17, 15) is 22.4 Å². The van der Waals surface area contributed by atoms with Gasteiger partial charge in [-0.05, 0) is 35.7 Å². The van der Waals surface area contributed by atoms with Gasteiger partial charge in [0.25, 0.3) is 0 Å². The van der Waals surface area contributed by atoms with Gasteiger partial charge in [0, 0.05) is 20.1 Å². The number of rotatable bonds is 10. The molecule has 0 saturated heterocycles. The molecule has 0 bridgehead atoms. The van der Waals surface area contributed by atoms with Gasteiger partial charge in [0.1, 0.15) is 11.9 Å². The Morgan fingerprint density at radius 3 is 2.08 bits per heavy atom. The first-order valence-corrected chi connectivity index (χ1v) is 13.2. The summed E-state index contributed by atoms with van der Waals surface area (Å²) in [4.78, 5) is 28.4. The van der Waals surface area contributed by atoms with Crippen LogP contribution in [0.4, 0.5) is 4.39 Å². The standard InChI is InChI=1S/C27H30FN3O4S/c1-20-9-11-21(12-10-20)17-29-27(33)26(23-7-5-4-6-8-23)31(18-22-13-15-24(28)16-14-22)25(32)19-30(2)36(3,34)35/h4-16,26H,17-19H2,1-3H3,(H,29,33). The summed E-state index contributed by atoms with van der Waals surface area (Å²) in [6, 6.07) is 21.1. The molecule has 3 aromatic carbocycles. The number of nitrogens with zero attached hydrogens (tertiary/aromatic N) is 2. The summed E-state index contributed by atoms with van der Waals surface area (Å²) >= 11 is 0. The maximum atomic E-state index is 13.6. The second-order valence-corrected chi connectivity index (χ2v) is 10.8. The van der Waals surface area contributed by atoms with E-state index in [4.69, 9.17) is 0 Å². The Bertz CT molecular complexity index is 1280. The average Bonchev–Trinajstić information content (AvgIpc) is 2.84. The molecule has 0 aliphatic rings. The fourth-order valence-corrected chi connectivity index (χ4v) is 3.95. The fraction of sp³-hybridized carbons (Fsp3) is 0.259. The molecule has 0 aliphatic carbocycles. The molecule has 3 aromatic rings. The largest absolute Gasteiger partial charge is 0.350 e. The number of aryl methyl sites for hydroxylation is 1. The summed E-state index contributed by atoms with van der Waals surface area (Å²) in [6.45, 7) is 1.76. The van der Waals surface area contributed by atoms with Gasteiger partial charge in [-0.25, -0.2) is 12.8 Å². The molecule has 36 heavy (non-hydrogen) atoms. The number of carbonyl (C=O) groups is 2. The Morgan fingerprint density at radius 1 is 0.917 bits per heavy atom. The van der Waals surface area contributed by atoms with Crippen LogP contribution in [0.1, 0.15) is 28.3 Å². The van der Waals surface area contributed by atoms with Gasteiger partial charge in [0.2, 0.25) is 21.8 Å². The summed E-state index contributed by atoms with van der Waals surface area (Å²) in [5.41, 5.74) is 3.16. The lowest BCUT2D eigenvalue weighted by molar-refractivity contribution is -0.141. The van der Waals surface area contributed by atoms with Crippen LogP contribution in [0.5, 0.6) is 0 Å². The van der Waals surface area contributed by atoms with Gasteiger partial charge in [0.15, 0.2) is 0 Å². The SMILES string of the molecule is Cc1ccc(CNC(=O)C(c2ccccc2)N(Cc2ccc(F)cc2)C(=O)CN(C)S(C)(=O)=O)cc1. The number of amides is 2. The summed E-state index contributed by atoms with van der Waals surface area (Å²) in [5.74, 6) is -1.41. The number of benzene rings is 3. The monoisotopic (exact) mass is 511 g/mol. The highest BCUT2D eigenvalue weighted by Gasteiger charge is 2.32. The van der Waals surface area contributed by atoms with E-state index >= 15 is 0 Å². The van der Waals surface area contributed by atoms with E-state index in [-0.39, 0.29) is 13.1 Å². The number of halogens is 1. The highest BCUT2D eigenvalue weighted by atomic mass is 32.2. The van der Waals surface area contributed by atoms with Crippen molar-refractivity contribution < 1.29 is 22.4 Å².